The molecule has 0 fully saturated rings. The van der Waals surface area contributed by atoms with E-state index >= 15 is 0 Å². The smallest absolute Gasteiger partial charge is 0.217 e. The molecule has 2 aromatic heterocycles. The van der Waals surface area contributed by atoms with Gasteiger partial charge in [-0.2, -0.15) is 5.26 Å². The van der Waals surface area contributed by atoms with Crippen LogP contribution in [0.5, 0.6) is 0 Å². The van der Waals surface area contributed by atoms with Gasteiger partial charge in [0.05, 0.1) is 22.8 Å². The molecule has 0 aliphatic heterocycles. The summed E-state index contributed by atoms with van der Waals surface area (Å²) < 4.78 is 8.03. The average molecular weight is 284 g/mol. The van der Waals surface area contributed by atoms with Gasteiger partial charge in [-0.25, -0.2) is 4.98 Å². The SMILES string of the molecule is Cc1cnc(C(C)n2c(=S)[nH]c3c(C#N)cccc32)o1. The highest BCUT2D eigenvalue weighted by Crippen LogP contribution is 2.25. The van der Waals surface area contributed by atoms with Gasteiger partial charge in [-0.3, -0.25) is 0 Å². The Morgan fingerprint density at radius 1 is 1.50 bits per heavy atom. The molecule has 0 bridgehead atoms. The third kappa shape index (κ3) is 1.84. The number of benzene rings is 1. The Bertz CT molecular complexity index is 881. The van der Waals surface area contributed by atoms with Crippen LogP contribution < -0.4 is 0 Å². The fourth-order valence-corrected chi connectivity index (χ4v) is 2.66. The molecule has 100 valence electrons. The van der Waals surface area contributed by atoms with E-state index in [1.54, 1.807) is 12.3 Å². The number of aryl methyl sites for hydroxylation is 1. The molecule has 0 spiro atoms. The number of H-pyrrole nitrogens is 1. The summed E-state index contributed by atoms with van der Waals surface area (Å²) in [6.45, 7) is 3.82. The molecule has 2 heterocycles. The van der Waals surface area contributed by atoms with Gasteiger partial charge >= 0.3 is 0 Å². The molecule has 0 saturated heterocycles. The molecule has 3 aromatic rings. The minimum Gasteiger partial charge on any atom is -0.444 e. The van der Waals surface area contributed by atoms with Crippen LogP contribution in [0, 0.1) is 23.0 Å². The van der Waals surface area contributed by atoms with Crippen molar-refractivity contribution in [2.45, 2.75) is 19.9 Å². The van der Waals surface area contributed by atoms with E-state index in [1.165, 1.54) is 0 Å². The molecule has 0 saturated carbocycles. The third-order valence-electron chi connectivity index (χ3n) is 3.26. The van der Waals surface area contributed by atoms with E-state index in [0.717, 1.165) is 16.8 Å². The Kier molecular flexibility index (Phi) is 2.92. The standard InChI is InChI=1S/C14H12N4OS/c1-8-7-16-13(19-8)9(2)18-11-5-3-4-10(6-15)12(11)17-14(18)20/h3-5,7,9H,1-2H3,(H,17,20). The number of oxazole rings is 1. The van der Waals surface area contributed by atoms with Crippen molar-refractivity contribution < 1.29 is 4.42 Å². The number of rotatable bonds is 2. The van der Waals surface area contributed by atoms with E-state index in [9.17, 15) is 0 Å². The number of imidazole rings is 1. The van der Waals surface area contributed by atoms with Crippen LogP contribution in [0.4, 0.5) is 0 Å². The first-order valence-corrected chi connectivity index (χ1v) is 6.58. The number of nitriles is 1. The Balaban J connectivity index is 2.24. The first kappa shape index (κ1) is 12.6. The van der Waals surface area contributed by atoms with Crippen LogP contribution in [-0.2, 0) is 0 Å². The predicted molar refractivity (Wildman–Crippen MR) is 76.9 cm³/mol. The molecule has 1 unspecified atom stereocenters. The summed E-state index contributed by atoms with van der Waals surface area (Å²) in [6.07, 6.45) is 1.69. The Labute approximate surface area is 120 Å². The molecule has 5 nitrogen and oxygen atoms in total. The molecule has 0 aliphatic rings. The highest BCUT2D eigenvalue weighted by molar-refractivity contribution is 7.71. The predicted octanol–water partition coefficient (Wildman–Crippen LogP) is 3.48. The van der Waals surface area contributed by atoms with Crippen molar-refractivity contribution in [1.82, 2.24) is 14.5 Å². The van der Waals surface area contributed by atoms with E-state index in [1.807, 2.05) is 30.5 Å². The number of para-hydroxylation sites is 1. The van der Waals surface area contributed by atoms with E-state index in [0.29, 0.717) is 16.2 Å². The van der Waals surface area contributed by atoms with Crippen molar-refractivity contribution in [2.75, 3.05) is 0 Å². The number of nitrogens with zero attached hydrogens (tertiary/aromatic N) is 3. The second kappa shape index (κ2) is 4.62. The van der Waals surface area contributed by atoms with Gasteiger partial charge < -0.3 is 14.0 Å². The zero-order chi connectivity index (χ0) is 14.3. The minimum atomic E-state index is -0.140. The zero-order valence-corrected chi connectivity index (χ0v) is 11.9. The lowest BCUT2D eigenvalue weighted by Gasteiger charge is -2.10. The summed E-state index contributed by atoms with van der Waals surface area (Å²) in [5.41, 5.74) is 2.19. The topological polar surface area (TPSA) is 70.5 Å². The number of nitrogens with one attached hydrogen (secondary N) is 1. The van der Waals surface area contributed by atoms with Crippen molar-refractivity contribution in [1.29, 1.82) is 5.26 Å². The van der Waals surface area contributed by atoms with E-state index < -0.39 is 0 Å². The summed E-state index contributed by atoms with van der Waals surface area (Å²) in [7, 11) is 0. The monoisotopic (exact) mass is 284 g/mol. The largest absolute Gasteiger partial charge is 0.444 e. The molecule has 0 amide bonds. The molecule has 1 aromatic carbocycles. The maximum absolute atomic E-state index is 9.15. The fourth-order valence-electron chi connectivity index (χ4n) is 2.30. The van der Waals surface area contributed by atoms with Gasteiger partial charge in [-0.05, 0) is 38.2 Å². The van der Waals surface area contributed by atoms with Crippen molar-refractivity contribution in [3.05, 3.63) is 46.4 Å². The molecular weight excluding hydrogens is 272 g/mol. The quantitative estimate of drug-likeness (QED) is 0.731. The van der Waals surface area contributed by atoms with Crippen LogP contribution in [0.1, 0.15) is 30.2 Å². The first-order chi connectivity index (χ1) is 9.61. The maximum Gasteiger partial charge on any atom is 0.217 e. The summed E-state index contributed by atoms with van der Waals surface area (Å²) >= 11 is 5.37. The number of hydrogen-bond acceptors (Lipinski definition) is 4. The van der Waals surface area contributed by atoms with Gasteiger partial charge in [-0.15, -0.1) is 0 Å². The highest BCUT2D eigenvalue weighted by atomic mass is 32.1. The Morgan fingerprint density at radius 2 is 2.30 bits per heavy atom. The number of hydrogen-bond donors (Lipinski definition) is 1. The lowest BCUT2D eigenvalue weighted by atomic mass is 10.2. The Morgan fingerprint density at radius 3 is 2.95 bits per heavy atom. The second-order valence-electron chi connectivity index (χ2n) is 4.60. The lowest BCUT2D eigenvalue weighted by Crippen LogP contribution is -2.07. The van der Waals surface area contributed by atoms with Crippen LogP contribution in [-0.4, -0.2) is 14.5 Å². The van der Waals surface area contributed by atoms with E-state index in [4.69, 9.17) is 21.9 Å². The minimum absolute atomic E-state index is 0.140. The van der Waals surface area contributed by atoms with Gasteiger partial charge in [0.1, 0.15) is 17.9 Å². The first-order valence-electron chi connectivity index (χ1n) is 6.17. The van der Waals surface area contributed by atoms with Crippen LogP contribution in [0.25, 0.3) is 11.0 Å². The lowest BCUT2D eigenvalue weighted by molar-refractivity contribution is 0.417. The summed E-state index contributed by atoms with van der Waals surface area (Å²) in [5.74, 6) is 1.36. The third-order valence-corrected chi connectivity index (χ3v) is 3.56. The van der Waals surface area contributed by atoms with E-state index in [-0.39, 0.29) is 6.04 Å². The molecule has 20 heavy (non-hydrogen) atoms. The van der Waals surface area contributed by atoms with Crippen molar-refractivity contribution in [3.8, 4) is 6.07 Å². The number of fused-ring (bicyclic) bond motifs is 1. The maximum atomic E-state index is 9.15. The fraction of sp³-hybridized carbons (Fsp3) is 0.214. The van der Waals surface area contributed by atoms with Crippen molar-refractivity contribution >= 4 is 23.3 Å². The van der Waals surface area contributed by atoms with Crippen LogP contribution in [0.3, 0.4) is 0 Å². The van der Waals surface area contributed by atoms with Gasteiger partial charge in [0, 0.05) is 0 Å². The van der Waals surface area contributed by atoms with Crippen molar-refractivity contribution in [2.24, 2.45) is 0 Å². The summed E-state index contributed by atoms with van der Waals surface area (Å²) in [5, 5.41) is 9.15. The normalized spacial score (nSPS) is 12.4. The zero-order valence-electron chi connectivity index (χ0n) is 11.0. The molecule has 3 rings (SSSR count). The molecule has 6 heteroatoms. The molecule has 1 atom stereocenters. The average Bonchev–Trinajstić information content (AvgIpc) is 3.00. The second-order valence-corrected chi connectivity index (χ2v) is 4.98. The molecule has 0 aliphatic carbocycles. The van der Waals surface area contributed by atoms with Gasteiger partial charge in [0.2, 0.25) is 5.89 Å². The molecule has 0 radical (unpaired) electrons. The van der Waals surface area contributed by atoms with Crippen LogP contribution >= 0.6 is 12.2 Å². The summed E-state index contributed by atoms with van der Waals surface area (Å²) in [6, 6.07) is 7.55. The number of aromatic nitrogens is 3. The molecular formula is C14H12N4OS. The highest BCUT2D eigenvalue weighted by Gasteiger charge is 2.18. The van der Waals surface area contributed by atoms with Crippen molar-refractivity contribution in [3.63, 3.8) is 0 Å². The van der Waals surface area contributed by atoms with Gasteiger partial charge in [0.15, 0.2) is 4.77 Å². The van der Waals surface area contributed by atoms with E-state index in [2.05, 4.69) is 16.0 Å². The Hall–Kier alpha value is -2.39. The summed E-state index contributed by atoms with van der Waals surface area (Å²) in [4.78, 5) is 7.34. The van der Waals surface area contributed by atoms with Crippen LogP contribution in [0.15, 0.2) is 28.8 Å². The molecule has 1 N–H and O–H groups in total. The van der Waals surface area contributed by atoms with Gasteiger partial charge in [0.25, 0.3) is 0 Å². The number of aromatic amines is 1. The van der Waals surface area contributed by atoms with Crippen LogP contribution in [0.2, 0.25) is 0 Å². The van der Waals surface area contributed by atoms with Gasteiger partial charge in [-0.1, -0.05) is 6.07 Å².